The van der Waals surface area contributed by atoms with E-state index < -0.39 is 6.10 Å². The smallest absolute Gasteiger partial charge is 0.306 e. The molecule has 0 aromatic carbocycles. The van der Waals surface area contributed by atoms with Crippen LogP contribution in [0.3, 0.4) is 0 Å². The van der Waals surface area contributed by atoms with Crippen LogP contribution in [0.4, 0.5) is 0 Å². The van der Waals surface area contributed by atoms with Gasteiger partial charge in [0.2, 0.25) is 0 Å². The molecule has 0 bridgehead atoms. The van der Waals surface area contributed by atoms with Gasteiger partial charge in [0.1, 0.15) is 13.2 Å². The summed E-state index contributed by atoms with van der Waals surface area (Å²) in [5.74, 6) is -0.927. The molecule has 0 spiro atoms. The Morgan fingerprint density at radius 1 is 0.288 bits per heavy atom. The summed E-state index contributed by atoms with van der Waals surface area (Å²) in [6.07, 6.45) is 84.6. The van der Waals surface area contributed by atoms with Gasteiger partial charge in [0.25, 0.3) is 0 Å². The topological polar surface area (TPSA) is 78.9 Å². The van der Waals surface area contributed by atoms with Crippen LogP contribution >= 0.6 is 0 Å². The molecule has 6 nitrogen and oxygen atoms in total. The highest BCUT2D eigenvalue weighted by molar-refractivity contribution is 5.71. The number of carbonyl (C=O) groups excluding carboxylic acids is 3. The molecule has 1 unspecified atom stereocenters. The number of allylic oxidation sites excluding steroid dienone is 22. The van der Waals surface area contributed by atoms with Crippen LogP contribution in [0.5, 0.6) is 0 Å². The maximum Gasteiger partial charge on any atom is 0.306 e. The van der Waals surface area contributed by atoms with Crippen molar-refractivity contribution in [2.75, 3.05) is 13.2 Å². The minimum Gasteiger partial charge on any atom is -0.462 e. The summed E-state index contributed by atoms with van der Waals surface area (Å²) in [7, 11) is 0. The predicted molar refractivity (Wildman–Crippen MR) is 316 cm³/mol. The molecule has 73 heavy (non-hydrogen) atoms. The monoisotopic (exact) mass is 1010 g/mol. The molecule has 0 amide bonds. The Labute approximate surface area is 449 Å². The fraction of sp³-hybridized carbons (Fsp3) is 0.627. The largest absolute Gasteiger partial charge is 0.462 e. The standard InChI is InChI=1S/C67H108O6/c1-4-7-10-13-16-18-20-22-24-26-28-30-32-33-35-36-38-40-42-44-46-48-51-54-57-60-66(69)72-63-64(62-71-65(68)59-56-53-50-15-12-9-6-3)73-67(70)61-58-55-52-49-47-45-43-41-39-37-34-31-29-27-25-23-21-19-17-14-11-8-5-2/h7-8,10-11,16-19,22-25,28-31,33,35,37-40,64H,4-6,9,12-15,20-21,26-27,32,34,36,41-63H2,1-3H3/b10-7-,11-8-,18-16-,19-17-,24-22-,25-23-,30-28-,31-29-,35-33-,39-37-,40-38-. The lowest BCUT2D eigenvalue weighted by atomic mass is 10.1. The molecule has 0 N–H and O–H groups in total. The Bertz CT molecular complexity index is 1580. The Balaban J connectivity index is 4.27. The molecule has 0 aliphatic heterocycles. The zero-order valence-corrected chi connectivity index (χ0v) is 47.1. The molecule has 0 radical (unpaired) electrons. The number of ether oxygens (including phenoxy) is 3. The SMILES string of the molecule is CC/C=C\C/C=C\C/C=C\C/C=C\C/C=C\C/C=C\CCCCCCCCC(=O)OCC(COC(=O)CCCCCCCCC)OC(=O)CCCCCCCCC/C=C\C/C=C\C/C=C\C/C=C\C/C=C\CC. The molecule has 0 heterocycles. The van der Waals surface area contributed by atoms with Crippen molar-refractivity contribution in [3.05, 3.63) is 134 Å². The van der Waals surface area contributed by atoms with Crippen molar-refractivity contribution in [1.29, 1.82) is 0 Å². The third-order valence-corrected chi connectivity index (χ3v) is 12.2. The first kappa shape index (κ1) is 68.6. The summed E-state index contributed by atoms with van der Waals surface area (Å²) in [6.45, 7) is 6.34. The van der Waals surface area contributed by atoms with Gasteiger partial charge in [0, 0.05) is 19.3 Å². The second-order valence-electron chi connectivity index (χ2n) is 19.1. The summed E-state index contributed by atoms with van der Waals surface area (Å²) in [4.78, 5) is 38.0. The van der Waals surface area contributed by atoms with E-state index in [1.807, 2.05) is 0 Å². The Morgan fingerprint density at radius 2 is 0.534 bits per heavy atom. The van der Waals surface area contributed by atoms with Crippen LogP contribution in [-0.2, 0) is 28.6 Å². The number of carbonyl (C=O) groups is 3. The van der Waals surface area contributed by atoms with Crippen molar-refractivity contribution in [2.45, 2.75) is 258 Å². The van der Waals surface area contributed by atoms with Crippen LogP contribution in [0.2, 0.25) is 0 Å². The molecule has 0 saturated carbocycles. The van der Waals surface area contributed by atoms with E-state index in [9.17, 15) is 14.4 Å². The number of unbranched alkanes of at least 4 members (excludes halogenated alkanes) is 19. The first-order valence-corrected chi connectivity index (χ1v) is 29.7. The van der Waals surface area contributed by atoms with E-state index in [1.165, 1.54) is 64.2 Å². The van der Waals surface area contributed by atoms with Gasteiger partial charge in [-0.05, 0) is 116 Å². The van der Waals surface area contributed by atoms with Crippen LogP contribution in [-0.4, -0.2) is 37.2 Å². The van der Waals surface area contributed by atoms with Crippen molar-refractivity contribution in [2.24, 2.45) is 0 Å². The van der Waals surface area contributed by atoms with Crippen molar-refractivity contribution >= 4 is 17.9 Å². The number of hydrogen-bond acceptors (Lipinski definition) is 6. The molecule has 412 valence electrons. The van der Waals surface area contributed by atoms with E-state index >= 15 is 0 Å². The van der Waals surface area contributed by atoms with Crippen LogP contribution in [0, 0.1) is 0 Å². The lowest BCUT2D eigenvalue weighted by molar-refractivity contribution is -0.167. The second-order valence-corrected chi connectivity index (χ2v) is 19.1. The average Bonchev–Trinajstić information content (AvgIpc) is 3.39. The number of hydrogen-bond donors (Lipinski definition) is 0. The quantitative estimate of drug-likeness (QED) is 0.0261. The van der Waals surface area contributed by atoms with Gasteiger partial charge in [-0.25, -0.2) is 0 Å². The van der Waals surface area contributed by atoms with Gasteiger partial charge in [0.05, 0.1) is 0 Å². The Kier molecular flexibility index (Phi) is 56.4. The van der Waals surface area contributed by atoms with E-state index in [4.69, 9.17) is 14.2 Å². The first-order chi connectivity index (χ1) is 36.0. The van der Waals surface area contributed by atoms with Crippen LogP contribution < -0.4 is 0 Å². The highest BCUT2D eigenvalue weighted by Crippen LogP contribution is 2.14. The summed E-state index contributed by atoms with van der Waals surface area (Å²) < 4.78 is 16.8. The Morgan fingerprint density at radius 3 is 0.836 bits per heavy atom. The molecule has 0 fully saturated rings. The van der Waals surface area contributed by atoms with Gasteiger partial charge in [-0.2, -0.15) is 0 Å². The van der Waals surface area contributed by atoms with Crippen LogP contribution in [0.25, 0.3) is 0 Å². The van der Waals surface area contributed by atoms with Gasteiger partial charge in [-0.1, -0.05) is 251 Å². The van der Waals surface area contributed by atoms with Gasteiger partial charge in [0.15, 0.2) is 6.10 Å². The molecule has 0 saturated heterocycles. The Hall–Kier alpha value is -4.45. The van der Waals surface area contributed by atoms with E-state index in [0.29, 0.717) is 19.3 Å². The second kappa shape index (κ2) is 60.1. The molecule has 0 aromatic heterocycles. The fourth-order valence-electron chi connectivity index (χ4n) is 7.77. The molecular formula is C67H108O6. The summed E-state index contributed by atoms with van der Waals surface area (Å²) in [5.41, 5.74) is 0. The maximum atomic E-state index is 12.8. The minimum absolute atomic E-state index is 0.0907. The van der Waals surface area contributed by atoms with Crippen LogP contribution in [0.15, 0.2) is 134 Å². The lowest BCUT2D eigenvalue weighted by Gasteiger charge is -2.18. The van der Waals surface area contributed by atoms with Crippen molar-refractivity contribution in [3.63, 3.8) is 0 Å². The van der Waals surface area contributed by atoms with E-state index in [0.717, 1.165) is 148 Å². The highest BCUT2D eigenvalue weighted by Gasteiger charge is 2.19. The average molecular weight is 1010 g/mol. The number of rotatable bonds is 52. The van der Waals surface area contributed by atoms with Crippen LogP contribution in [0.1, 0.15) is 252 Å². The zero-order valence-electron chi connectivity index (χ0n) is 47.1. The van der Waals surface area contributed by atoms with Crippen molar-refractivity contribution < 1.29 is 28.6 Å². The molecule has 0 aliphatic carbocycles. The highest BCUT2D eigenvalue weighted by atomic mass is 16.6. The van der Waals surface area contributed by atoms with Crippen molar-refractivity contribution in [3.8, 4) is 0 Å². The zero-order chi connectivity index (χ0) is 52.9. The molecule has 0 aromatic rings. The molecule has 0 rings (SSSR count). The van der Waals surface area contributed by atoms with Gasteiger partial charge in [-0.15, -0.1) is 0 Å². The predicted octanol–water partition coefficient (Wildman–Crippen LogP) is 20.2. The third kappa shape index (κ3) is 58.3. The summed E-state index contributed by atoms with van der Waals surface area (Å²) in [6, 6.07) is 0. The fourth-order valence-corrected chi connectivity index (χ4v) is 7.77. The lowest BCUT2D eigenvalue weighted by Crippen LogP contribution is -2.30. The first-order valence-electron chi connectivity index (χ1n) is 29.7. The molecule has 0 aliphatic rings. The van der Waals surface area contributed by atoms with E-state index in [1.54, 1.807) is 0 Å². The summed E-state index contributed by atoms with van der Waals surface area (Å²) >= 11 is 0. The molecule has 1 atom stereocenters. The van der Waals surface area contributed by atoms with Crippen molar-refractivity contribution in [1.82, 2.24) is 0 Å². The number of esters is 3. The van der Waals surface area contributed by atoms with E-state index in [-0.39, 0.29) is 31.1 Å². The third-order valence-electron chi connectivity index (χ3n) is 12.2. The maximum absolute atomic E-state index is 12.8. The van der Waals surface area contributed by atoms with Gasteiger partial charge in [-0.3, -0.25) is 14.4 Å². The minimum atomic E-state index is -0.793. The molecular weight excluding hydrogens is 901 g/mol. The summed E-state index contributed by atoms with van der Waals surface area (Å²) in [5, 5.41) is 0. The van der Waals surface area contributed by atoms with E-state index in [2.05, 4.69) is 154 Å². The van der Waals surface area contributed by atoms with Gasteiger partial charge >= 0.3 is 17.9 Å². The molecule has 6 heteroatoms. The van der Waals surface area contributed by atoms with Gasteiger partial charge < -0.3 is 14.2 Å². The normalized spacial score (nSPS) is 13.1.